The van der Waals surface area contributed by atoms with Crippen molar-refractivity contribution in [3.05, 3.63) is 83.7 Å². The van der Waals surface area contributed by atoms with E-state index in [0.717, 1.165) is 16.6 Å². The van der Waals surface area contributed by atoms with E-state index in [9.17, 15) is 13.2 Å². The second kappa shape index (κ2) is 13.2. The normalized spacial score (nSPS) is 11.8. The average molecular weight is 569 g/mol. The average Bonchev–Trinajstić information content (AvgIpc) is 3.39. The van der Waals surface area contributed by atoms with Gasteiger partial charge in [0.1, 0.15) is 0 Å². The summed E-state index contributed by atoms with van der Waals surface area (Å²) in [5, 5.41) is 0.552. The molecule has 0 fully saturated rings. The minimum Gasteiger partial charge on any atom is -0.383 e. The van der Waals surface area contributed by atoms with Crippen LogP contribution in [-0.2, 0) is 32.5 Å². The maximum absolute atomic E-state index is 13.8. The van der Waals surface area contributed by atoms with Gasteiger partial charge in [-0.05, 0) is 60.5 Å². The summed E-state index contributed by atoms with van der Waals surface area (Å²) in [7, 11) is -0.764. The van der Waals surface area contributed by atoms with Crippen molar-refractivity contribution < 1.29 is 22.7 Å². The number of hydrogen-bond acceptors (Lipinski definition) is 8. The van der Waals surface area contributed by atoms with Crippen LogP contribution in [-0.4, -0.2) is 69.1 Å². The minimum absolute atomic E-state index is 0.0922. The van der Waals surface area contributed by atoms with Crippen LogP contribution in [0.3, 0.4) is 0 Å². The Balaban J connectivity index is 1.65. The van der Waals surface area contributed by atoms with Gasteiger partial charge in [0.15, 0.2) is 5.13 Å². The number of amides is 1. The predicted octanol–water partition coefficient (Wildman–Crippen LogP) is 4.38. The zero-order valence-electron chi connectivity index (χ0n) is 22.2. The Kier molecular flexibility index (Phi) is 9.76. The summed E-state index contributed by atoms with van der Waals surface area (Å²) in [6.45, 7) is 3.21. The van der Waals surface area contributed by atoms with Crippen LogP contribution >= 0.6 is 11.3 Å². The molecule has 2 aromatic carbocycles. The molecule has 206 valence electrons. The first kappa shape index (κ1) is 28.8. The Morgan fingerprint density at radius 3 is 2.31 bits per heavy atom. The number of pyridine rings is 1. The van der Waals surface area contributed by atoms with E-state index in [4.69, 9.17) is 14.5 Å². The monoisotopic (exact) mass is 568 g/mol. The molecule has 4 aromatic rings. The van der Waals surface area contributed by atoms with Crippen molar-refractivity contribution >= 4 is 42.6 Å². The molecule has 0 aliphatic rings. The molecule has 0 unspecified atom stereocenters. The summed E-state index contributed by atoms with van der Waals surface area (Å²) in [6.07, 6.45) is 2.59. The highest BCUT2D eigenvalue weighted by Gasteiger charge is 2.26. The van der Waals surface area contributed by atoms with Crippen molar-refractivity contribution in [1.29, 1.82) is 0 Å². The van der Waals surface area contributed by atoms with Crippen molar-refractivity contribution in [2.45, 2.75) is 24.8 Å². The van der Waals surface area contributed by atoms with Gasteiger partial charge in [-0.2, -0.15) is 4.31 Å². The topological polar surface area (TPSA) is 102 Å². The van der Waals surface area contributed by atoms with E-state index in [0.29, 0.717) is 16.4 Å². The molecule has 0 N–H and O–H groups in total. The molecular weight excluding hydrogens is 536 g/mol. The predicted molar refractivity (Wildman–Crippen MR) is 153 cm³/mol. The van der Waals surface area contributed by atoms with Crippen molar-refractivity contribution in [3.8, 4) is 0 Å². The number of sulfonamides is 1. The highest BCUT2D eigenvalue weighted by molar-refractivity contribution is 7.89. The van der Waals surface area contributed by atoms with Gasteiger partial charge in [0.05, 0.1) is 40.6 Å². The number of rotatable bonds is 13. The van der Waals surface area contributed by atoms with Gasteiger partial charge in [-0.25, -0.2) is 13.4 Å². The van der Waals surface area contributed by atoms with E-state index >= 15 is 0 Å². The molecule has 0 bridgehead atoms. The molecule has 4 rings (SSSR count). The van der Waals surface area contributed by atoms with Crippen LogP contribution in [0.25, 0.3) is 10.2 Å². The van der Waals surface area contributed by atoms with Crippen LogP contribution in [0, 0.1) is 0 Å². The Morgan fingerprint density at radius 2 is 1.69 bits per heavy atom. The van der Waals surface area contributed by atoms with Crippen LogP contribution < -0.4 is 4.90 Å². The lowest BCUT2D eigenvalue weighted by Crippen LogP contribution is -2.36. The van der Waals surface area contributed by atoms with Gasteiger partial charge in [0.25, 0.3) is 5.91 Å². The molecule has 2 heterocycles. The smallest absolute Gasteiger partial charge is 0.260 e. The van der Waals surface area contributed by atoms with E-state index in [-0.39, 0.29) is 43.7 Å². The lowest BCUT2D eigenvalue weighted by molar-refractivity contribution is 0.0984. The van der Waals surface area contributed by atoms with Gasteiger partial charge in [-0.1, -0.05) is 30.4 Å². The Hall–Kier alpha value is -3.22. The zero-order valence-corrected chi connectivity index (χ0v) is 23.9. The number of aryl methyl sites for hydroxylation is 1. The zero-order chi connectivity index (χ0) is 27.8. The molecule has 11 heteroatoms. The maximum Gasteiger partial charge on any atom is 0.260 e. The molecule has 1 amide bonds. The Labute approximate surface area is 233 Å². The first-order valence-electron chi connectivity index (χ1n) is 12.6. The molecule has 39 heavy (non-hydrogen) atoms. The lowest BCUT2D eigenvalue weighted by Gasteiger charge is -2.22. The van der Waals surface area contributed by atoms with Crippen LogP contribution in [0.15, 0.2) is 71.8 Å². The number of fused-ring (bicyclic) bond motifs is 1. The minimum atomic E-state index is -3.80. The number of carbonyl (C=O) groups excluding carboxylic acids is 1. The number of ether oxygens (including phenoxy) is 2. The van der Waals surface area contributed by atoms with Crippen LogP contribution in [0.4, 0.5) is 5.13 Å². The first-order valence-corrected chi connectivity index (χ1v) is 14.8. The number of hydrogen-bond donors (Lipinski definition) is 0. The SMILES string of the molecule is CCc1ccc2nc(N(Cc3ccccn3)C(=O)c3ccc(S(=O)(=O)N(CCOC)CCOC)cc3)sc2c1. The Morgan fingerprint density at radius 1 is 0.974 bits per heavy atom. The van der Waals surface area contributed by atoms with Gasteiger partial charge in [-0.15, -0.1) is 0 Å². The molecule has 0 saturated carbocycles. The fraction of sp³-hybridized carbons (Fsp3) is 0.321. The van der Waals surface area contributed by atoms with Gasteiger partial charge in [-0.3, -0.25) is 14.7 Å². The van der Waals surface area contributed by atoms with Crippen LogP contribution in [0.1, 0.15) is 28.5 Å². The summed E-state index contributed by atoms with van der Waals surface area (Å²) in [6, 6.07) is 17.6. The lowest BCUT2D eigenvalue weighted by atomic mass is 10.2. The van der Waals surface area contributed by atoms with Crippen LogP contribution in [0.2, 0.25) is 0 Å². The number of methoxy groups -OCH3 is 2. The number of benzene rings is 2. The van der Waals surface area contributed by atoms with Crippen LogP contribution in [0.5, 0.6) is 0 Å². The molecule has 9 nitrogen and oxygen atoms in total. The third-order valence-corrected chi connectivity index (χ3v) is 9.15. The molecular formula is C28H32N4O5S2. The van der Waals surface area contributed by atoms with Crippen molar-refractivity contribution in [3.63, 3.8) is 0 Å². The van der Waals surface area contributed by atoms with Crippen molar-refractivity contribution in [2.24, 2.45) is 0 Å². The largest absolute Gasteiger partial charge is 0.383 e. The standard InChI is InChI=1S/C28H32N4O5S2/c1-4-21-8-13-25-26(19-21)38-28(30-25)32(20-23-7-5-6-14-29-23)27(33)22-9-11-24(12-10-22)39(34,35)31(15-17-36-2)16-18-37-3/h5-14,19H,4,15-18,20H2,1-3H3. The number of thiazole rings is 1. The summed E-state index contributed by atoms with van der Waals surface area (Å²) >= 11 is 1.44. The van der Waals surface area contributed by atoms with Crippen molar-refractivity contribution in [2.75, 3.05) is 45.4 Å². The second-order valence-corrected chi connectivity index (χ2v) is 11.7. The summed E-state index contributed by atoms with van der Waals surface area (Å²) in [5.74, 6) is -0.296. The van der Waals surface area contributed by atoms with E-state index in [1.807, 2.05) is 30.3 Å². The molecule has 2 aromatic heterocycles. The third-order valence-electron chi connectivity index (χ3n) is 6.20. The van der Waals surface area contributed by atoms with Crippen molar-refractivity contribution in [1.82, 2.24) is 14.3 Å². The summed E-state index contributed by atoms with van der Waals surface area (Å²) in [5.41, 5.74) is 3.08. The summed E-state index contributed by atoms with van der Waals surface area (Å²) < 4.78 is 39.0. The molecule has 0 aliphatic carbocycles. The second-order valence-electron chi connectivity index (χ2n) is 8.78. The number of nitrogens with zero attached hydrogens (tertiary/aromatic N) is 4. The third kappa shape index (κ3) is 6.87. The molecule has 0 atom stereocenters. The van der Waals surface area contributed by atoms with E-state index in [2.05, 4.69) is 18.0 Å². The fourth-order valence-corrected chi connectivity index (χ4v) is 6.42. The van der Waals surface area contributed by atoms with E-state index < -0.39 is 10.0 Å². The summed E-state index contributed by atoms with van der Waals surface area (Å²) in [4.78, 5) is 24.6. The van der Waals surface area contributed by atoms with Gasteiger partial charge >= 0.3 is 0 Å². The molecule has 0 radical (unpaired) electrons. The molecule has 0 aliphatic heterocycles. The highest BCUT2D eigenvalue weighted by Crippen LogP contribution is 2.32. The van der Waals surface area contributed by atoms with E-state index in [1.165, 1.54) is 59.7 Å². The number of anilines is 1. The number of aromatic nitrogens is 2. The highest BCUT2D eigenvalue weighted by atomic mass is 32.2. The quantitative estimate of drug-likeness (QED) is 0.236. The van der Waals surface area contributed by atoms with Gasteiger partial charge < -0.3 is 9.47 Å². The first-order chi connectivity index (χ1) is 18.9. The maximum atomic E-state index is 13.8. The Bertz CT molecular complexity index is 1480. The van der Waals surface area contributed by atoms with E-state index in [1.54, 1.807) is 11.1 Å². The fourth-order valence-electron chi connectivity index (χ4n) is 3.98. The van der Waals surface area contributed by atoms with Gasteiger partial charge in [0.2, 0.25) is 10.0 Å². The molecule has 0 spiro atoms. The molecule has 0 saturated heterocycles. The van der Waals surface area contributed by atoms with Gasteiger partial charge in [0, 0.05) is 39.1 Å². The number of carbonyl (C=O) groups is 1.